The van der Waals surface area contributed by atoms with Gasteiger partial charge in [0.25, 0.3) is 0 Å². The Kier molecular flexibility index (Phi) is 39.0. The maximum Gasteiger partial charge on any atom is 0.306 e. The predicted molar refractivity (Wildman–Crippen MR) is 209 cm³/mol. The Bertz CT molecular complexity index is 687. The molecule has 0 heterocycles. The van der Waals surface area contributed by atoms with E-state index in [2.05, 4.69) is 26.0 Å². The lowest BCUT2D eigenvalue weighted by atomic mass is 10.0. The van der Waals surface area contributed by atoms with E-state index in [9.17, 15) is 9.59 Å². The van der Waals surface area contributed by atoms with Crippen molar-refractivity contribution in [3.63, 3.8) is 0 Å². The van der Waals surface area contributed by atoms with Crippen molar-refractivity contribution in [3.05, 3.63) is 12.2 Å². The fraction of sp³-hybridized carbons (Fsp3) is 0.909. The van der Waals surface area contributed by atoms with Crippen LogP contribution in [0.5, 0.6) is 0 Å². The maximum absolute atomic E-state index is 12.4. The summed E-state index contributed by atoms with van der Waals surface area (Å²) >= 11 is 0. The number of hydrogen-bond acceptors (Lipinski definition) is 3. The minimum absolute atomic E-state index is 0.0239. The van der Waals surface area contributed by atoms with E-state index in [0.717, 1.165) is 38.5 Å². The normalized spacial score (nSPS) is 12.2. The summed E-state index contributed by atoms with van der Waals surface area (Å²) in [7, 11) is 0. The highest BCUT2D eigenvalue weighted by Gasteiger charge is 2.12. The highest BCUT2D eigenvalue weighted by molar-refractivity contribution is 5.69. The fourth-order valence-electron chi connectivity index (χ4n) is 6.76. The average molecular weight is 677 g/mol. The lowest BCUT2D eigenvalue weighted by Crippen LogP contribution is -2.17. The van der Waals surface area contributed by atoms with Gasteiger partial charge in [-0.25, -0.2) is 0 Å². The van der Waals surface area contributed by atoms with E-state index >= 15 is 0 Å². The monoisotopic (exact) mass is 677 g/mol. The molecule has 1 atom stereocenters. The molecule has 0 aliphatic heterocycles. The van der Waals surface area contributed by atoms with Gasteiger partial charge in [0.05, 0.1) is 0 Å². The van der Waals surface area contributed by atoms with Crippen LogP contribution in [-0.4, -0.2) is 23.1 Å². The van der Waals surface area contributed by atoms with Crippen LogP contribution in [0.15, 0.2) is 12.2 Å². The molecule has 0 aromatic carbocycles. The molecule has 0 radical (unpaired) electrons. The number of carbonyl (C=O) groups is 2. The van der Waals surface area contributed by atoms with Crippen LogP contribution in [0.1, 0.15) is 251 Å². The van der Waals surface area contributed by atoms with Gasteiger partial charge in [0.2, 0.25) is 0 Å². The van der Waals surface area contributed by atoms with Crippen LogP contribution in [0, 0.1) is 0 Å². The number of esters is 1. The van der Waals surface area contributed by atoms with Crippen LogP contribution in [0.4, 0.5) is 0 Å². The Morgan fingerprint density at radius 3 is 1.17 bits per heavy atom. The molecule has 0 saturated heterocycles. The van der Waals surface area contributed by atoms with Crippen molar-refractivity contribution in [1.29, 1.82) is 0 Å². The molecule has 1 unspecified atom stereocenters. The highest BCUT2D eigenvalue weighted by Crippen LogP contribution is 2.17. The molecule has 0 aromatic rings. The Labute approximate surface area is 300 Å². The number of aliphatic carboxylic acids is 1. The third kappa shape index (κ3) is 39.1. The summed E-state index contributed by atoms with van der Waals surface area (Å²) in [5, 5.41) is 8.66. The molecule has 4 nitrogen and oxygen atoms in total. The molecule has 0 rings (SSSR count). The first-order valence-corrected chi connectivity index (χ1v) is 21.7. The van der Waals surface area contributed by atoms with E-state index < -0.39 is 5.97 Å². The molecule has 48 heavy (non-hydrogen) atoms. The number of carboxylic acids is 1. The zero-order valence-corrected chi connectivity index (χ0v) is 32.6. The molecule has 284 valence electrons. The third-order valence-corrected chi connectivity index (χ3v) is 10.1. The van der Waals surface area contributed by atoms with Gasteiger partial charge in [-0.3, -0.25) is 9.59 Å². The number of carboxylic acid groups (broad SMARTS) is 1. The number of unbranched alkanes of at least 4 members (excludes halogenated alkanes) is 30. The van der Waals surface area contributed by atoms with E-state index in [4.69, 9.17) is 9.84 Å². The Balaban J connectivity index is 3.39. The highest BCUT2D eigenvalue weighted by atomic mass is 16.5. The quantitative estimate of drug-likeness (QED) is 0.0398. The van der Waals surface area contributed by atoms with Crippen molar-refractivity contribution in [3.8, 4) is 0 Å². The van der Waals surface area contributed by atoms with Crippen LogP contribution < -0.4 is 0 Å². The average Bonchev–Trinajstić information content (AvgIpc) is 3.08. The van der Waals surface area contributed by atoms with Crippen LogP contribution in [-0.2, 0) is 14.3 Å². The van der Waals surface area contributed by atoms with Crippen molar-refractivity contribution < 1.29 is 19.4 Å². The van der Waals surface area contributed by atoms with Gasteiger partial charge in [-0.15, -0.1) is 0 Å². The number of rotatable bonds is 40. The van der Waals surface area contributed by atoms with Crippen LogP contribution in [0.3, 0.4) is 0 Å². The van der Waals surface area contributed by atoms with Gasteiger partial charge in [-0.1, -0.05) is 193 Å². The number of ether oxygens (including phenoxy) is 1. The first-order valence-electron chi connectivity index (χ1n) is 21.7. The smallest absolute Gasteiger partial charge is 0.306 e. The van der Waals surface area contributed by atoms with Gasteiger partial charge in [-0.2, -0.15) is 0 Å². The molecular weight excluding hydrogens is 592 g/mol. The van der Waals surface area contributed by atoms with E-state index in [1.165, 1.54) is 186 Å². The van der Waals surface area contributed by atoms with Crippen molar-refractivity contribution in [2.45, 2.75) is 258 Å². The molecular formula is C44H84O4. The van der Waals surface area contributed by atoms with Gasteiger partial charge in [0, 0.05) is 12.8 Å². The zero-order chi connectivity index (χ0) is 35.0. The van der Waals surface area contributed by atoms with Gasteiger partial charge >= 0.3 is 11.9 Å². The minimum atomic E-state index is -0.662. The molecule has 4 heteroatoms. The summed E-state index contributed by atoms with van der Waals surface area (Å²) in [6.07, 6.45) is 50.5. The fourth-order valence-corrected chi connectivity index (χ4v) is 6.76. The second kappa shape index (κ2) is 40.1. The summed E-state index contributed by atoms with van der Waals surface area (Å²) in [6.45, 7) is 4.43. The summed E-state index contributed by atoms with van der Waals surface area (Å²) in [5.74, 6) is -0.638. The summed E-state index contributed by atoms with van der Waals surface area (Å²) < 4.78 is 5.81. The predicted octanol–water partition coefficient (Wildman–Crippen LogP) is 15.0. The van der Waals surface area contributed by atoms with Gasteiger partial charge in [-0.05, 0) is 57.8 Å². The van der Waals surface area contributed by atoms with Gasteiger partial charge < -0.3 is 9.84 Å². The molecule has 0 fully saturated rings. The van der Waals surface area contributed by atoms with Crippen LogP contribution in [0.25, 0.3) is 0 Å². The third-order valence-electron chi connectivity index (χ3n) is 10.1. The van der Waals surface area contributed by atoms with Gasteiger partial charge in [0.15, 0.2) is 0 Å². The van der Waals surface area contributed by atoms with E-state index in [-0.39, 0.29) is 12.1 Å². The second-order valence-electron chi connectivity index (χ2n) is 14.9. The number of hydrogen-bond donors (Lipinski definition) is 1. The van der Waals surface area contributed by atoms with Crippen molar-refractivity contribution in [1.82, 2.24) is 0 Å². The Hall–Kier alpha value is -1.32. The Morgan fingerprint density at radius 2 is 0.792 bits per heavy atom. The van der Waals surface area contributed by atoms with Crippen molar-refractivity contribution >= 4 is 11.9 Å². The molecule has 0 bridgehead atoms. The SMILES string of the molecule is CCCCCCCC/C=C\CCCCCCCCCCCC(=O)OC(CC)CCCCCCCCCCCCCCCCCCC(=O)O. The molecule has 0 aromatic heterocycles. The molecule has 0 spiro atoms. The van der Waals surface area contributed by atoms with Crippen molar-refractivity contribution in [2.24, 2.45) is 0 Å². The first-order chi connectivity index (χ1) is 23.6. The maximum atomic E-state index is 12.4. The summed E-state index contributed by atoms with van der Waals surface area (Å²) in [6, 6.07) is 0. The van der Waals surface area contributed by atoms with Crippen LogP contribution in [0.2, 0.25) is 0 Å². The van der Waals surface area contributed by atoms with E-state index in [1.54, 1.807) is 0 Å². The summed E-state index contributed by atoms with van der Waals surface area (Å²) in [5.41, 5.74) is 0. The number of allylic oxidation sites excluding steroid dienone is 2. The summed E-state index contributed by atoms with van der Waals surface area (Å²) in [4.78, 5) is 22.9. The second-order valence-corrected chi connectivity index (χ2v) is 14.9. The molecule has 0 aliphatic carbocycles. The largest absolute Gasteiger partial charge is 0.481 e. The van der Waals surface area contributed by atoms with Gasteiger partial charge in [0.1, 0.15) is 6.10 Å². The first kappa shape index (κ1) is 46.7. The molecule has 0 amide bonds. The number of carbonyl (C=O) groups excluding carboxylic acids is 1. The minimum Gasteiger partial charge on any atom is -0.481 e. The van der Waals surface area contributed by atoms with Crippen LogP contribution >= 0.6 is 0 Å². The lowest BCUT2D eigenvalue weighted by molar-refractivity contribution is -0.149. The molecule has 1 N–H and O–H groups in total. The molecule has 0 saturated carbocycles. The lowest BCUT2D eigenvalue weighted by Gasteiger charge is -2.16. The van der Waals surface area contributed by atoms with E-state index in [1.807, 2.05) is 0 Å². The standard InChI is InChI=1S/C44H84O4/c1-3-5-6-7-8-9-10-11-12-13-14-15-20-23-26-29-32-35-38-41-44(47)48-42(4-2)39-36-33-30-27-24-21-18-16-17-19-22-25-28-31-34-37-40-43(45)46/h11-12,42H,3-10,13-41H2,1-2H3,(H,45,46)/b12-11-. The molecule has 0 aliphatic rings. The topological polar surface area (TPSA) is 63.6 Å². The zero-order valence-electron chi connectivity index (χ0n) is 32.6. The van der Waals surface area contributed by atoms with E-state index in [0.29, 0.717) is 12.8 Å². The van der Waals surface area contributed by atoms with Crippen molar-refractivity contribution in [2.75, 3.05) is 0 Å². The Morgan fingerprint density at radius 1 is 0.458 bits per heavy atom.